The van der Waals surface area contributed by atoms with E-state index in [4.69, 9.17) is 6.54 Å². The lowest BCUT2D eigenvalue weighted by atomic mass is 9.71. The first kappa shape index (κ1) is 13.7. The number of hydrogen-bond donors (Lipinski definition) is 2. The molecule has 3 fully saturated rings. The summed E-state index contributed by atoms with van der Waals surface area (Å²) < 4.78 is 7.23. The minimum absolute atomic E-state index is 0.378. The van der Waals surface area contributed by atoms with Gasteiger partial charge in [0.2, 0.25) is 1.43 Å². The molecular formula is C21H30O2. The Morgan fingerprint density at radius 3 is 1.78 bits per heavy atom. The largest absolute Gasteiger partial charge is 0.396 e. The predicted molar refractivity (Wildman–Crippen MR) is 90.4 cm³/mol. The van der Waals surface area contributed by atoms with Crippen LogP contribution >= 0.6 is 0 Å². The standard InChI is InChI=1S/C21H30O2/c22-10-18-12-1-3-14(7-12)20(18)16-5-6-17(9-16)21-15-4-2-13(8-15)19(21)11-23/h1-4,12-23H,5-11H2/t12-,13+,14+,15-,16?,17?,18?,19?,20+,21-/i22T/m1/s1. The van der Waals surface area contributed by atoms with E-state index in [1.807, 2.05) is 0 Å². The first-order valence-corrected chi connectivity index (χ1v) is 9.85. The summed E-state index contributed by atoms with van der Waals surface area (Å²) in [5, 5.41) is 14.8. The van der Waals surface area contributed by atoms with E-state index in [9.17, 15) is 5.11 Å². The Hall–Kier alpha value is -0.600. The lowest BCUT2D eigenvalue weighted by Crippen LogP contribution is -2.31. The summed E-state index contributed by atoms with van der Waals surface area (Å²) in [6.07, 6.45) is 16.3. The van der Waals surface area contributed by atoms with Crippen LogP contribution in [0.3, 0.4) is 0 Å². The molecule has 0 aromatic heterocycles. The Morgan fingerprint density at radius 2 is 1.26 bits per heavy atom. The normalized spacial score (nSPS) is 56.8. The topological polar surface area (TPSA) is 40.5 Å². The van der Waals surface area contributed by atoms with Gasteiger partial charge in [0.05, 0.1) is 0 Å². The van der Waals surface area contributed by atoms with E-state index in [1.165, 1.54) is 32.1 Å². The quantitative estimate of drug-likeness (QED) is 0.764. The summed E-state index contributed by atoms with van der Waals surface area (Å²) in [4.78, 5) is 0. The molecule has 23 heavy (non-hydrogen) atoms. The van der Waals surface area contributed by atoms with E-state index in [-0.39, 0.29) is 0 Å². The maximum Gasteiger partial charge on any atom is 0.210 e. The van der Waals surface area contributed by atoms with Crippen molar-refractivity contribution in [3.63, 3.8) is 0 Å². The molecule has 0 amide bonds. The van der Waals surface area contributed by atoms with Crippen LogP contribution in [0.4, 0.5) is 0 Å². The Bertz CT molecular complexity index is 544. The molecule has 0 aliphatic heterocycles. The fourth-order valence-corrected chi connectivity index (χ4v) is 7.57. The highest BCUT2D eigenvalue weighted by Crippen LogP contribution is 2.59. The summed E-state index contributed by atoms with van der Waals surface area (Å²) in [5.74, 6) is 7.01. The summed E-state index contributed by atoms with van der Waals surface area (Å²) >= 11 is 0. The van der Waals surface area contributed by atoms with Crippen LogP contribution in [0.25, 0.3) is 0 Å². The average molecular weight is 316 g/mol. The van der Waals surface area contributed by atoms with Gasteiger partial charge in [-0.3, -0.25) is 0 Å². The third-order valence-electron chi connectivity index (χ3n) is 8.38. The number of aliphatic hydroxyl groups is 2. The molecule has 0 heterocycles. The Kier molecular flexibility index (Phi) is 3.24. The molecule has 2 heteroatoms. The van der Waals surface area contributed by atoms with Crippen molar-refractivity contribution in [3.8, 4) is 0 Å². The number of allylic oxidation sites excluding steroid dienone is 4. The second kappa shape index (κ2) is 5.46. The number of rotatable bonds is 5. The fraction of sp³-hybridized carbons (Fsp3) is 0.810. The Labute approximate surface area is 141 Å². The van der Waals surface area contributed by atoms with E-state index in [1.54, 1.807) is 0 Å². The maximum atomic E-state index is 9.91. The van der Waals surface area contributed by atoms with Gasteiger partial charge < -0.3 is 10.2 Å². The lowest BCUT2D eigenvalue weighted by Gasteiger charge is -2.34. The molecule has 0 saturated heterocycles. The number of fused-ring (bicyclic) bond motifs is 4. The zero-order chi connectivity index (χ0) is 16.3. The monoisotopic (exact) mass is 316 g/mol. The Balaban J connectivity index is 1.31. The molecule has 4 unspecified atom stereocenters. The SMILES string of the molecule is [3H]OCC1[C@H](C2CCC([C@@H]3C(CO)[C@H]4C=C[C@@H]3C4)C2)[C@H]2C=C[C@@H]1C2. The summed E-state index contributed by atoms with van der Waals surface area (Å²) in [6, 6.07) is 0. The van der Waals surface area contributed by atoms with Gasteiger partial charge in [-0.05, 0) is 91.3 Å². The van der Waals surface area contributed by atoms with Crippen LogP contribution in [-0.2, 0) is 0 Å². The molecule has 2 nitrogen and oxygen atoms in total. The summed E-state index contributed by atoms with van der Waals surface area (Å²) in [7, 11) is 0. The highest BCUT2D eigenvalue weighted by Gasteiger charge is 2.52. The van der Waals surface area contributed by atoms with Crippen LogP contribution in [0.5, 0.6) is 0 Å². The van der Waals surface area contributed by atoms with Gasteiger partial charge in [0, 0.05) is 13.2 Å². The molecular weight excluding hydrogens is 284 g/mol. The van der Waals surface area contributed by atoms with Gasteiger partial charge in [0.1, 0.15) is 0 Å². The Morgan fingerprint density at radius 1 is 0.739 bits per heavy atom. The van der Waals surface area contributed by atoms with Crippen LogP contribution in [0, 0.1) is 59.2 Å². The molecule has 2 N–H and O–H groups in total. The van der Waals surface area contributed by atoms with Crippen LogP contribution in [0.2, 0.25) is 0 Å². The molecule has 5 rings (SSSR count). The molecule has 126 valence electrons. The van der Waals surface area contributed by atoms with Crippen LogP contribution in [-0.4, -0.2) is 24.9 Å². The van der Waals surface area contributed by atoms with Crippen molar-refractivity contribution < 1.29 is 10.2 Å². The van der Waals surface area contributed by atoms with E-state index in [0.717, 1.165) is 35.5 Å². The summed E-state index contributed by atoms with van der Waals surface area (Å²) in [6.45, 7) is 0.997. The second-order valence-corrected chi connectivity index (χ2v) is 9.06. The van der Waals surface area contributed by atoms with Crippen LogP contribution < -0.4 is 0 Å². The van der Waals surface area contributed by atoms with Crippen molar-refractivity contribution in [2.75, 3.05) is 13.2 Å². The first-order valence-electron chi connectivity index (χ1n) is 10.3. The lowest BCUT2D eigenvalue weighted by molar-refractivity contribution is 0.107. The molecule has 5 aliphatic rings. The molecule has 0 aromatic rings. The van der Waals surface area contributed by atoms with Crippen molar-refractivity contribution in [2.45, 2.75) is 32.1 Å². The third kappa shape index (κ3) is 2.07. The van der Waals surface area contributed by atoms with Crippen LogP contribution in [0.15, 0.2) is 24.3 Å². The molecule has 4 bridgehead atoms. The van der Waals surface area contributed by atoms with Crippen molar-refractivity contribution >= 4 is 0 Å². The number of aliphatic hydroxyl groups excluding tert-OH is 2. The van der Waals surface area contributed by atoms with Crippen molar-refractivity contribution in [3.05, 3.63) is 24.3 Å². The molecule has 5 aliphatic carbocycles. The highest BCUT2D eigenvalue weighted by molar-refractivity contribution is 5.17. The first-order chi connectivity index (χ1) is 11.8. The third-order valence-corrected chi connectivity index (χ3v) is 8.38. The maximum absolute atomic E-state index is 9.91. The molecule has 10 atom stereocenters. The van der Waals surface area contributed by atoms with Gasteiger partial charge >= 0.3 is 0 Å². The zero-order valence-electron chi connectivity index (χ0n) is 14.9. The predicted octanol–water partition coefficient (Wildman–Crippen LogP) is 3.26. The van der Waals surface area contributed by atoms with Gasteiger partial charge in [0.15, 0.2) is 0 Å². The van der Waals surface area contributed by atoms with E-state index >= 15 is 0 Å². The smallest absolute Gasteiger partial charge is 0.210 e. The van der Waals surface area contributed by atoms with Crippen LogP contribution in [0.1, 0.15) is 32.1 Å². The van der Waals surface area contributed by atoms with Gasteiger partial charge in [-0.15, -0.1) is 0 Å². The van der Waals surface area contributed by atoms with E-state index in [0.29, 0.717) is 36.9 Å². The van der Waals surface area contributed by atoms with Gasteiger partial charge in [0.25, 0.3) is 0 Å². The average Bonchev–Trinajstić information content (AvgIpc) is 3.37. The molecule has 0 radical (unpaired) electrons. The second-order valence-electron chi connectivity index (χ2n) is 9.06. The van der Waals surface area contributed by atoms with Gasteiger partial charge in [-0.1, -0.05) is 24.3 Å². The van der Waals surface area contributed by atoms with Gasteiger partial charge in [-0.2, -0.15) is 0 Å². The van der Waals surface area contributed by atoms with E-state index < -0.39 is 0 Å². The highest BCUT2D eigenvalue weighted by atomic mass is 16.3. The number of hydrogen-bond acceptors (Lipinski definition) is 2. The summed E-state index contributed by atoms with van der Waals surface area (Å²) in [5.41, 5.74) is 0. The minimum Gasteiger partial charge on any atom is -0.396 e. The van der Waals surface area contributed by atoms with E-state index in [2.05, 4.69) is 24.3 Å². The zero-order valence-corrected chi connectivity index (χ0v) is 13.9. The molecule has 0 aromatic carbocycles. The van der Waals surface area contributed by atoms with Crippen molar-refractivity contribution in [2.24, 2.45) is 59.2 Å². The van der Waals surface area contributed by atoms with Crippen molar-refractivity contribution in [1.82, 2.24) is 0 Å². The molecule has 0 spiro atoms. The minimum atomic E-state index is 0.378. The van der Waals surface area contributed by atoms with Crippen molar-refractivity contribution in [1.29, 1.82) is 1.43 Å². The van der Waals surface area contributed by atoms with Gasteiger partial charge in [-0.25, -0.2) is 0 Å². The fourth-order valence-electron chi connectivity index (χ4n) is 7.57. The molecule has 3 saturated carbocycles.